The minimum Gasteiger partial charge on any atom is -0.384 e. The highest BCUT2D eigenvalue weighted by atomic mass is 16.2. The Labute approximate surface area is 152 Å². The van der Waals surface area contributed by atoms with Gasteiger partial charge < -0.3 is 20.7 Å². The second-order valence-corrected chi connectivity index (χ2v) is 6.23. The van der Waals surface area contributed by atoms with Crippen LogP contribution in [0.25, 0.3) is 0 Å². The fourth-order valence-corrected chi connectivity index (χ4v) is 3.31. The van der Waals surface area contributed by atoms with Crippen molar-refractivity contribution in [3.63, 3.8) is 0 Å². The highest BCUT2D eigenvalue weighted by Gasteiger charge is 2.35. The van der Waals surface area contributed by atoms with Gasteiger partial charge in [0, 0.05) is 30.6 Å². The molecule has 134 valence electrons. The first kappa shape index (κ1) is 17.7. The largest absolute Gasteiger partial charge is 0.384 e. The number of carbonyl (C=O) groups is 3. The molecule has 0 bridgehead atoms. The van der Waals surface area contributed by atoms with Gasteiger partial charge in [-0.3, -0.25) is 9.59 Å². The molecule has 1 heterocycles. The first-order valence-electron chi connectivity index (χ1n) is 8.51. The van der Waals surface area contributed by atoms with Crippen molar-refractivity contribution in [1.82, 2.24) is 16.0 Å². The van der Waals surface area contributed by atoms with Gasteiger partial charge >= 0.3 is 0 Å². The molecule has 3 rings (SSSR count). The monoisotopic (exact) mass is 351 g/mol. The third kappa shape index (κ3) is 3.59. The quantitative estimate of drug-likeness (QED) is 0.674. The lowest BCUT2D eigenvalue weighted by atomic mass is 9.82. The van der Waals surface area contributed by atoms with Gasteiger partial charge in [0.1, 0.15) is 6.29 Å². The molecule has 1 aliphatic heterocycles. The molecular formula is C20H21N3O3. The van der Waals surface area contributed by atoms with Gasteiger partial charge in [-0.1, -0.05) is 30.4 Å². The van der Waals surface area contributed by atoms with Crippen LogP contribution >= 0.6 is 0 Å². The van der Waals surface area contributed by atoms with Gasteiger partial charge in [-0.2, -0.15) is 0 Å². The topological polar surface area (TPSA) is 87.3 Å². The molecule has 0 fully saturated rings. The lowest BCUT2D eigenvalue weighted by Gasteiger charge is -2.25. The van der Waals surface area contributed by atoms with Crippen LogP contribution in [0.3, 0.4) is 0 Å². The molecule has 6 heteroatoms. The number of fused-ring (bicyclic) bond motifs is 1. The van der Waals surface area contributed by atoms with Crippen molar-refractivity contribution in [3.05, 3.63) is 71.6 Å². The molecule has 3 N–H and O–H groups in total. The number of nitrogens with one attached hydrogen (secondary N) is 3. The van der Waals surface area contributed by atoms with Crippen LogP contribution in [0.15, 0.2) is 66.0 Å². The number of allylic oxidation sites excluding steroid dienone is 1. The lowest BCUT2D eigenvalue weighted by molar-refractivity contribution is -0.125. The van der Waals surface area contributed by atoms with Crippen LogP contribution in [0.5, 0.6) is 0 Å². The molecule has 1 aromatic carbocycles. The van der Waals surface area contributed by atoms with Crippen molar-refractivity contribution in [2.45, 2.75) is 12.5 Å². The summed E-state index contributed by atoms with van der Waals surface area (Å²) in [5.74, 6) is -0.988. The minimum absolute atomic E-state index is 0.0150. The second-order valence-electron chi connectivity index (χ2n) is 6.23. The Morgan fingerprint density at radius 2 is 2.04 bits per heavy atom. The van der Waals surface area contributed by atoms with Crippen LogP contribution in [0.1, 0.15) is 16.8 Å². The summed E-state index contributed by atoms with van der Waals surface area (Å²) in [6.07, 6.45) is 8.42. The number of aldehydes is 1. The van der Waals surface area contributed by atoms with E-state index in [1.807, 2.05) is 42.6 Å². The number of hydrogen-bond donors (Lipinski definition) is 3. The van der Waals surface area contributed by atoms with E-state index in [1.54, 1.807) is 19.2 Å². The molecule has 0 saturated carbocycles. The first-order chi connectivity index (χ1) is 12.6. The summed E-state index contributed by atoms with van der Waals surface area (Å²) >= 11 is 0. The number of rotatable bonds is 6. The molecule has 0 aromatic heterocycles. The fraction of sp³-hybridized carbons (Fsp3) is 0.250. The summed E-state index contributed by atoms with van der Waals surface area (Å²) in [5.41, 5.74) is 2.10. The molecule has 0 spiro atoms. The Balaban J connectivity index is 1.78. The Morgan fingerprint density at radius 3 is 2.73 bits per heavy atom. The van der Waals surface area contributed by atoms with Crippen LogP contribution in [0, 0.1) is 11.8 Å². The van der Waals surface area contributed by atoms with Gasteiger partial charge in [0.15, 0.2) is 0 Å². The summed E-state index contributed by atoms with van der Waals surface area (Å²) in [5, 5.41) is 8.74. The van der Waals surface area contributed by atoms with E-state index < -0.39 is 5.92 Å². The molecule has 2 amide bonds. The van der Waals surface area contributed by atoms with Gasteiger partial charge in [-0.25, -0.2) is 0 Å². The molecule has 1 aliphatic carbocycles. The molecule has 2 aliphatic rings. The summed E-state index contributed by atoms with van der Waals surface area (Å²) in [7, 11) is 1.56. The maximum absolute atomic E-state index is 12.4. The van der Waals surface area contributed by atoms with E-state index in [0.29, 0.717) is 11.3 Å². The average Bonchev–Trinajstić information content (AvgIpc) is 3.09. The van der Waals surface area contributed by atoms with Gasteiger partial charge in [-0.05, 0) is 30.0 Å². The molecular weight excluding hydrogens is 330 g/mol. The maximum atomic E-state index is 12.4. The Bertz CT molecular complexity index is 796. The summed E-state index contributed by atoms with van der Waals surface area (Å²) in [6.45, 7) is 0. The third-order valence-electron chi connectivity index (χ3n) is 4.65. The Hall–Kier alpha value is -3.15. The van der Waals surface area contributed by atoms with Crippen LogP contribution in [0.4, 0.5) is 0 Å². The van der Waals surface area contributed by atoms with Crippen molar-refractivity contribution in [3.8, 4) is 0 Å². The van der Waals surface area contributed by atoms with Gasteiger partial charge in [-0.15, -0.1) is 0 Å². The lowest BCUT2D eigenvalue weighted by Crippen LogP contribution is -2.34. The predicted molar refractivity (Wildman–Crippen MR) is 97.9 cm³/mol. The molecule has 3 atom stereocenters. The highest BCUT2D eigenvalue weighted by molar-refractivity contribution is 5.95. The van der Waals surface area contributed by atoms with E-state index in [9.17, 15) is 14.4 Å². The summed E-state index contributed by atoms with van der Waals surface area (Å²) in [6, 6.07) is 8.99. The van der Waals surface area contributed by atoms with Gasteiger partial charge in [0.2, 0.25) is 5.91 Å². The first-order valence-corrected chi connectivity index (χ1v) is 8.51. The van der Waals surface area contributed by atoms with Crippen molar-refractivity contribution >= 4 is 18.1 Å². The van der Waals surface area contributed by atoms with Crippen molar-refractivity contribution in [1.29, 1.82) is 0 Å². The van der Waals surface area contributed by atoms with Crippen molar-refractivity contribution < 1.29 is 14.4 Å². The van der Waals surface area contributed by atoms with Crippen LogP contribution in [-0.4, -0.2) is 31.2 Å². The van der Waals surface area contributed by atoms with Crippen LogP contribution < -0.4 is 16.0 Å². The zero-order valence-electron chi connectivity index (χ0n) is 14.4. The number of amides is 2. The van der Waals surface area contributed by atoms with E-state index in [2.05, 4.69) is 16.0 Å². The third-order valence-corrected chi connectivity index (χ3v) is 4.65. The van der Waals surface area contributed by atoms with Gasteiger partial charge in [0.05, 0.1) is 12.0 Å². The van der Waals surface area contributed by atoms with E-state index in [0.717, 1.165) is 11.9 Å². The SMILES string of the molecule is CNC(=O)C(CC=O)C1=CNC2C=CC(NC(=O)c3ccccc3)=CC12. The average molecular weight is 351 g/mol. The number of carbonyl (C=O) groups excluding carboxylic acids is 3. The normalized spacial score (nSPS) is 21.6. The highest BCUT2D eigenvalue weighted by Crippen LogP contribution is 2.34. The Morgan fingerprint density at radius 1 is 1.27 bits per heavy atom. The molecule has 0 saturated heterocycles. The fourth-order valence-electron chi connectivity index (χ4n) is 3.31. The number of hydrogen-bond acceptors (Lipinski definition) is 4. The molecule has 0 radical (unpaired) electrons. The predicted octanol–water partition coefficient (Wildman–Crippen LogP) is 1.29. The van der Waals surface area contributed by atoms with Crippen molar-refractivity contribution in [2.24, 2.45) is 11.8 Å². The van der Waals surface area contributed by atoms with E-state index in [-0.39, 0.29) is 30.2 Å². The maximum Gasteiger partial charge on any atom is 0.255 e. The van der Waals surface area contributed by atoms with Crippen LogP contribution in [0.2, 0.25) is 0 Å². The standard InChI is InChI=1S/C20H21N3O3/c1-21-20(26)15(9-10-24)17-12-22-18-8-7-14(11-16(17)18)23-19(25)13-5-3-2-4-6-13/h2-8,10-12,15-16,18,22H,9H2,1H3,(H,21,26)(H,23,25). The number of benzene rings is 1. The van der Waals surface area contributed by atoms with E-state index in [4.69, 9.17) is 0 Å². The smallest absolute Gasteiger partial charge is 0.255 e. The Kier molecular flexibility index (Phi) is 5.31. The zero-order valence-corrected chi connectivity index (χ0v) is 14.4. The van der Waals surface area contributed by atoms with Gasteiger partial charge in [0.25, 0.3) is 5.91 Å². The molecule has 6 nitrogen and oxygen atoms in total. The second kappa shape index (κ2) is 7.82. The summed E-state index contributed by atoms with van der Waals surface area (Å²) < 4.78 is 0. The molecule has 3 unspecified atom stereocenters. The molecule has 1 aromatic rings. The van der Waals surface area contributed by atoms with Crippen LogP contribution in [-0.2, 0) is 9.59 Å². The van der Waals surface area contributed by atoms with E-state index in [1.165, 1.54) is 0 Å². The zero-order chi connectivity index (χ0) is 18.5. The minimum atomic E-state index is -0.520. The van der Waals surface area contributed by atoms with Crippen molar-refractivity contribution in [2.75, 3.05) is 7.05 Å². The van der Waals surface area contributed by atoms with E-state index >= 15 is 0 Å². The molecule has 26 heavy (non-hydrogen) atoms. The summed E-state index contributed by atoms with van der Waals surface area (Å²) in [4.78, 5) is 35.5.